The molecule has 1 aromatic carbocycles. The predicted molar refractivity (Wildman–Crippen MR) is 74.3 cm³/mol. The van der Waals surface area contributed by atoms with Gasteiger partial charge in [0, 0.05) is 0 Å². The minimum atomic E-state index is -0.232. The minimum Gasteiger partial charge on any atom is -0.278 e. The maximum absolute atomic E-state index is 12.6. The molecule has 2 aliphatic carbocycles. The van der Waals surface area contributed by atoms with Crippen LogP contribution in [0.15, 0.2) is 30.3 Å². The first kappa shape index (κ1) is 12.6. The number of nitrogens with zero attached hydrogens (tertiary/aromatic N) is 2. The summed E-state index contributed by atoms with van der Waals surface area (Å²) < 4.78 is 0. The Morgan fingerprint density at radius 2 is 1.81 bits per heavy atom. The maximum Gasteiger partial charge on any atom is 0.233 e. The average molecular weight is 280 g/mol. The molecule has 4 heteroatoms. The normalized spacial score (nSPS) is 36.9. The Bertz CT molecular complexity index is 649. The number of benzene rings is 1. The first-order valence-corrected chi connectivity index (χ1v) is 7.49. The van der Waals surface area contributed by atoms with E-state index in [9.17, 15) is 14.9 Å². The van der Waals surface area contributed by atoms with Gasteiger partial charge in [0.15, 0.2) is 0 Å². The van der Waals surface area contributed by atoms with E-state index >= 15 is 0 Å². The Balaban J connectivity index is 1.61. The van der Waals surface area contributed by atoms with Crippen molar-refractivity contribution in [3.8, 4) is 6.07 Å². The van der Waals surface area contributed by atoms with E-state index in [-0.39, 0.29) is 41.4 Å². The van der Waals surface area contributed by atoms with Gasteiger partial charge < -0.3 is 0 Å². The number of hydrogen-bond donors (Lipinski definition) is 0. The van der Waals surface area contributed by atoms with E-state index in [1.54, 1.807) is 0 Å². The van der Waals surface area contributed by atoms with Crippen molar-refractivity contribution in [1.82, 2.24) is 4.90 Å². The van der Waals surface area contributed by atoms with E-state index < -0.39 is 0 Å². The number of imide groups is 1. The van der Waals surface area contributed by atoms with Crippen LogP contribution in [0.5, 0.6) is 0 Å². The molecular weight excluding hydrogens is 264 g/mol. The topological polar surface area (TPSA) is 61.2 Å². The maximum atomic E-state index is 12.6. The molecule has 21 heavy (non-hydrogen) atoms. The Labute approximate surface area is 123 Å². The molecule has 1 aliphatic heterocycles. The van der Waals surface area contributed by atoms with Gasteiger partial charge in [-0.1, -0.05) is 30.3 Å². The van der Waals surface area contributed by atoms with Crippen molar-refractivity contribution >= 4 is 11.8 Å². The Morgan fingerprint density at radius 3 is 2.52 bits per heavy atom. The van der Waals surface area contributed by atoms with Crippen LogP contribution in [0.2, 0.25) is 0 Å². The lowest BCUT2D eigenvalue weighted by Crippen LogP contribution is -2.32. The highest BCUT2D eigenvalue weighted by molar-refractivity contribution is 6.06. The van der Waals surface area contributed by atoms with E-state index in [1.807, 2.05) is 30.3 Å². The fourth-order valence-corrected chi connectivity index (χ4v) is 4.59. The van der Waals surface area contributed by atoms with Gasteiger partial charge in [0.05, 0.1) is 30.4 Å². The molecule has 0 radical (unpaired) electrons. The van der Waals surface area contributed by atoms with E-state index in [2.05, 4.69) is 6.07 Å². The lowest BCUT2D eigenvalue weighted by Gasteiger charge is -2.23. The molecule has 4 nitrogen and oxygen atoms in total. The number of fused-ring (bicyclic) bond motifs is 5. The van der Waals surface area contributed by atoms with Crippen LogP contribution in [0.25, 0.3) is 0 Å². The zero-order valence-corrected chi connectivity index (χ0v) is 11.6. The molecule has 2 saturated carbocycles. The summed E-state index contributed by atoms with van der Waals surface area (Å²) in [6.07, 6.45) is 1.67. The zero-order chi connectivity index (χ0) is 14.6. The molecule has 0 aromatic heterocycles. The predicted octanol–water partition coefficient (Wildman–Crippen LogP) is 1.97. The fraction of sp³-hybridized carbons (Fsp3) is 0.471. The number of nitriles is 1. The number of rotatable bonds is 2. The van der Waals surface area contributed by atoms with Crippen LogP contribution in [0.3, 0.4) is 0 Å². The van der Waals surface area contributed by atoms with Crippen LogP contribution in [0.4, 0.5) is 0 Å². The standard InChI is InChI=1S/C17H16N2O2/c18-8-12-6-11-7-13(12)15-14(11)16(20)19(17(15)21)9-10-4-2-1-3-5-10/h1-5,11-15H,6-7,9H2/t11-,12+,13-,14?,15?/m1/s1. The lowest BCUT2D eigenvalue weighted by molar-refractivity contribution is -0.141. The number of likely N-dealkylation sites (tertiary alicyclic amines) is 1. The van der Waals surface area contributed by atoms with Gasteiger partial charge in [0.1, 0.15) is 0 Å². The van der Waals surface area contributed by atoms with Crippen molar-refractivity contribution in [2.45, 2.75) is 19.4 Å². The highest BCUT2D eigenvalue weighted by Crippen LogP contribution is 2.58. The van der Waals surface area contributed by atoms with Gasteiger partial charge in [-0.05, 0) is 30.2 Å². The van der Waals surface area contributed by atoms with Crippen molar-refractivity contribution in [2.75, 3.05) is 0 Å². The van der Waals surface area contributed by atoms with Crippen LogP contribution in [0, 0.1) is 40.9 Å². The summed E-state index contributed by atoms with van der Waals surface area (Å²) in [5.74, 6) is -0.159. The van der Waals surface area contributed by atoms with Crippen molar-refractivity contribution in [1.29, 1.82) is 5.26 Å². The summed E-state index contributed by atoms with van der Waals surface area (Å²) in [6.45, 7) is 0.363. The summed E-state index contributed by atoms with van der Waals surface area (Å²) in [7, 11) is 0. The van der Waals surface area contributed by atoms with E-state index in [1.165, 1.54) is 4.90 Å². The quantitative estimate of drug-likeness (QED) is 0.778. The van der Waals surface area contributed by atoms with Crippen LogP contribution in [-0.2, 0) is 16.1 Å². The Morgan fingerprint density at radius 1 is 1.10 bits per heavy atom. The number of carbonyl (C=O) groups is 2. The Hall–Kier alpha value is -2.15. The third-order valence-corrected chi connectivity index (χ3v) is 5.46. The molecular formula is C17H16N2O2. The molecule has 0 N–H and O–H groups in total. The van der Waals surface area contributed by atoms with Crippen molar-refractivity contribution < 1.29 is 9.59 Å². The lowest BCUT2D eigenvalue weighted by atomic mass is 9.76. The molecule has 2 unspecified atom stereocenters. The van der Waals surface area contributed by atoms with E-state index in [0.29, 0.717) is 6.54 Å². The second kappa shape index (κ2) is 4.42. The minimum absolute atomic E-state index is 0.0160. The molecule has 1 aromatic rings. The van der Waals surface area contributed by atoms with Crippen LogP contribution in [0.1, 0.15) is 18.4 Å². The summed E-state index contributed by atoms with van der Waals surface area (Å²) >= 11 is 0. The van der Waals surface area contributed by atoms with Gasteiger partial charge in [0.25, 0.3) is 0 Å². The fourth-order valence-electron chi connectivity index (χ4n) is 4.59. The third-order valence-electron chi connectivity index (χ3n) is 5.46. The summed E-state index contributed by atoms with van der Waals surface area (Å²) in [4.78, 5) is 26.7. The van der Waals surface area contributed by atoms with Crippen LogP contribution in [-0.4, -0.2) is 16.7 Å². The summed E-state index contributed by atoms with van der Waals surface area (Å²) in [5, 5.41) is 9.20. The van der Waals surface area contributed by atoms with Crippen molar-refractivity contribution in [3.63, 3.8) is 0 Å². The van der Waals surface area contributed by atoms with Crippen molar-refractivity contribution in [2.24, 2.45) is 29.6 Å². The average Bonchev–Trinajstić information content (AvgIpc) is 3.15. The number of hydrogen-bond acceptors (Lipinski definition) is 3. The molecule has 1 saturated heterocycles. The van der Waals surface area contributed by atoms with Gasteiger partial charge in [-0.15, -0.1) is 0 Å². The van der Waals surface area contributed by atoms with Gasteiger partial charge in [-0.25, -0.2) is 0 Å². The first-order valence-electron chi connectivity index (χ1n) is 7.49. The molecule has 3 aliphatic rings. The van der Waals surface area contributed by atoms with Gasteiger partial charge >= 0.3 is 0 Å². The highest BCUT2D eigenvalue weighted by atomic mass is 16.2. The van der Waals surface area contributed by atoms with Gasteiger partial charge in [-0.2, -0.15) is 5.26 Å². The molecule has 1 heterocycles. The van der Waals surface area contributed by atoms with E-state index in [0.717, 1.165) is 18.4 Å². The van der Waals surface area contributed by atoms with Crippen LogP contribution < -0.4 is 0 Å². The smallest absolute Gasteiger partial charge is 0.233 e. The summed E-state index contributed by atoms with van der Waals surface area (Å²) in [5.41, 5.74) is 0.975. The molecule has 106 valence electrons. The largest absolute Gasteiger partial charge is 0.278 e. The molecule has 2 bridgehead atoms. The molecule has 2 amide bonds. The molecule has 4 rings (SSSR count). The molecule has 0 spiro atoms. The number of amides is 2. The third kappa shape index (κ3) is 1.67. The second-order valence-corrected chi connectivity index (χ2v) is 6.43. The second-order valence-electron chi connectivity index (χ2n) is 6.43. The van der Waals surface area contributed by atoms with Gasteiger partial charge in [0.2, 0.25) is 11.8 Å². The number of carbonyl (C=O) groups excluding carboxylic acids is 2. The first-order chi connectivity index (χ1) is 10.2. The SMILES string of the molecule is N#C[C@@H]1C[C@@H]2C[C@H]1C1C(=O)N(Cc3ccccc3)C(=O)C12. The summed E-state index contributed by atoms with van der Waals surface area (Å²) in [6, 6.07) is 11.9. The Kier molecular flexibility index (Phi) is 2.65. The van der Waals surface area contributed by atoms with Gasteiger partial charge in [-0.3, -0.25) is 14.5 Å². The zero-order valence-electron chi connectivity index (χ0n) is 11.6. The highest BCUT2D eigenvalue weighted by Gasteiger charge is 2.63. The molecule has 3 fully saturated rings. The van der Waals surface area contributed by atoms with Crippen molar-refractivity contribution in [3.05, 3.63) is 35.9 Å². The van der Waals surface area contributed by atoms with Crippen LogP contribution >= 0.6 is 0 Å². The van der Waals surface area contributed by atoms with E-state index in [4.69, 9.17) is 0 Å². The monoisotopic (exact) mass is 280 g/mol. The molecule has 5 atom stereocenters.